The number of nitrogens with zero attached hydrogens (tertiary/aromatic N) is 1. The molecule has 128 valence electrons. The van der Waals surface area contributed by atoms with Gasteiger partial charge in [0.05, 0.1) is 0 Å². The lowest BCUT2D eigenvalue weighted by Crippen LogP contribution is -2.27. The maximum atomic E-state index is 2.69. The second-order valence-corrected chi connectivity index (χ2v) is 7.83. The summed E-state index contributed by atoms with van der Waals surface area (Å²) in [5.41, 5.74) is 3.21. The Morgan fingerprint density at radius 3 is 2.41 bits per heavy atom. The van der Waals surface area contributed by atoms with Crippen LogP contribution in [0.3, 0.4) is 0 Å². The van der Waals surface area contributed by atoms with Gasteiger partial charge in [-0.25, -0.2) is 0 Å². The van der Waals surface area contributed by atoms with E-state index in [0.29, 0.717) is 0 Å². The molecule has 2 heteroatoms. The molecule has 0 radical (unpaired) electrons. The quantitative estimate of drug-likeness (QED) is 0.378. The van der Waals surface area contributed by atoms with Gasteiger partial charge in [-0.05, 0) is 89.4 Å². The summed E-state index contributed by atoms with van der Waals surface area (Å²) in [5, 5.41) is 0. The summed E-state index contributed by atoms with van der Waals surface area (Å²) in [5.74, 6) is 2.67. The van der Waals surface area contributed by atoms with E-state index in [-0.39, 0.29) is 0 Å². The maximum Gasteiger partial charge on any atom is -0.00109 e. The van der Waals surface area contributed by atoms with E-state index in [2.05, 4.69) is 49.6 Å². The molecule has 0 saturated heterocycles. The van der Waals surface area contributed by atoms with E-state index in [1.807, 2.05) is 0 Å². The molecule has 1 aliphatic carbocycles. The van der Waals surface area contributed by atoms with Gasteiger partial charge in [-0.1, -0.05) is 37.1 Å². The molecule has 0 unspecified atom stereocenters. The molecular formula is C20H37NS. The molecular weight excluding hydrogens is 286 g/mol. The summed E-state index contributed by atoms with van der Waals surface area (Å²) in [6, 6.07) is 0. The highest BCUT2D eigenvalue weighted by Gasteiger charge is 2.06. The third-order valence-corrected chi connectivity index (χ3v) is 5.59. The average Bonchev–Trinajstić information content (AvgIpc) is 2.53. The molecule has 0 spiro atoms. The van der Waals surface area contributed by atoms with Crippen molar-refractivity contribution in [2.45, 2.75) is 72.1 Å². The minimum absolute atomic E-state index is 1.28. The van der Waals surface area contributed by atoms with Crippen molar-refractivity contribution < 1.29 is 0 Å². The summed E-state index contributed by atoms with van der Waals surface area (Å²) in [7, 11) is 0. The van der Waals surface area contributed by atoms with Crippen LogP contribution in [0.5, 0.6) is 0 Å². The molecule has 0 saturated carbocycles. The van der Waals surface area contributed by atoms with E-state index in [4.69, 9.17) is 0 Å². The molecule has 0 amide bonds. The first-order valence-corrected chi connectivity index (χ1v) is 10.6. The van der Waals surface area contributed by atoms with E-state index in [1.54, 1.807) is 11.1 Å². The molecule has 1 nitrogen and oxygen atoms in total. The SMILES string of the molecule is CCCSCCCN(CCC)CCCCC1=CC=C(C)CC1. The van der Waals surface area contributed by atoms with Gasteiger partial charge in [-0.3, -0.25) is 0 Å². The third kappa shape index (κ3) is 9.74. The summed E-state index contributed by atoms with van der Waals surface area (Å²) < 4.78 is 0. The number of hydrogen-bond acceptors (Lipinski definition) is 2. The molecule has 22 heavy (non-hydrogen) atoms. The largest absolute Gasteiger partial charge is 0.303 e. The Labute approximate surface area is 143 Å². The van der Waals surface area contributed by atoms with E-state index in [0.717, 1.165) is 0 Å². The standard InChI is InChI=1S/C20H37NS/c1-4-14-21(16-8-18-22-17-5-2)15-7-6-9-20-12-10-19(3)11-13-20/h10,12H,4-9,11,13-18H2,1-3H3. The van der Waals surface area contributed by atoms with Crippen LogP contribution in [-0.4, -0.2) is 36.0 Å². The summed E-state index contributed by atoms with van der Waals surface area (Å²) >= 11 is 2.12. The van der Waals surface area contributed by atoms with Crippen LogP contribution in [0.2, 0.25) is 0 Å². The first-order chi connectivity index (χ1) is 10.8. The number of hydrogen-bond donors (Lipinski definition) is 0. The van der Waals surface area contributed by atoms with Crippen molar-refractivity contribution in [2.24, 2.45) is 0 Å². The Morgan fingerprint density at radius 2 is 1.73 bits per heavy atom. The number of allylic oxidation sites excluding steroid dienone is 4. The van der Waals surface area contributed by atoms with Gasteiger partial charge in [0.15, 0.2) is 0 Å². The third-order valence-electron chi connectivity index (χ3n) is 4.32. The van der Waals surface area contributed by atoms with Gasteiger partial charge in [0.25, 0.3) is 0 Å². The van der Waals surface area contributed by atoms with Crippen LogP contribution in [0.25, 0.3) is 0 Å². The fraction of sp³-hybridized carbons (Fsp3) is 0.800. The van der Waals surface area contributed by atoms with Crippen molar-refractivity contribution >= 4 is 11.8 Å². The fourth-order valence-corrected chi connectivity index (χ4v) is 3.79. The second-order valence-electron chi connectivity index (χ2n) is 6.60. The molecule has 0 atom stereocenters. The first-order valence-electron chi connectivity index (χ1n) is 9.41. The van der Waals surface area contributed by atoms with Crippen molar-refractivity contribution in [3.8, 4) is 0 Å². The smallest absolute Gasteiger partial charge is 0.00109 e. The van der Waals surface area contributed by atoms with Gasteiger partial charge >= 0.3 is 0 Å². The van der Waals surface area contributed by atoms with Crippen molar-refractivity contribution in [3.63, 3.8) is 0 Å². The molecule has 0 aliphatic heterocycles. The minimum Gasteiger partial charge on any atom is -0.303 e. The Balaban J connectivity index is 2.10. The lowest BCUT2D eigenvalue weighted by Gasteiger charge is -2.21. The molecule has 1 rings (SSSR count). The lowest BCUT2D eigenvalue weighted by atomic mass is 9.96. The summed E-state index contributed by atoms with van der Waals surface area (Å²) in [6.07, 6.45) is 15.3. The molecule has 1 aliphatic rings. The Hall–Kier alpha value is -0.210. The molecule has 0 N–H and O–H groups in total. The highest BCUT2D eigenvalue weighted by molar-refractivity contribution is 7.99. The van der Waals surface area contributed by atoms with E-state index in [1.165, 1.54) is 82.5 Å². The monoisotopic (exact) mass is 323 g/mol. The lowest BCUT2D eigenvalue weighted by molar-refractivity contribution is 0.269. The van der Waals surface area contributed by atoms with Crippen molar-refractivity contribution in [3.05, 3.63) is 23.3 Å². The normalized spacial score (nSPS) is 15.1. The molecule has 0 fully saturated rings. The van der Waals surface area contributed by atoms with Gasteiger partial charge in [0.1, 0.15) is 0 Å². The Bertz CT molecular complexity index is 333. The van der Waals surface area contributed by atoms with Gasteiger partial charge in [-0.15, -0.1) is 0 Å². The maximum absolute atomic E-state index is 2.69. The summed E-state index contributed by atoms with van der Waals surface area (Å²) in [6.45, 7) is 10.7. The van der Waals surface area contributed by atoms with Gasteiger partial charge < -0.3 is 4.90 Å². The topological polar surface area (TPSA) is 3.24 Å². The van der Waals surface area contributed by atoms with Crippen LogP contribution >= 0.6 is 11.8 Å². The van der Waals surface area contributed by atoms with Crippen LogP contribution in [0.4, 0.5) is 0 Å². The van der Waals surface area contributed by atoms with E-state index >= 15 is 0 Å². The van der Waals surface area contributed by atoms with E-state index < -0.39 is 0 Å². The van der Waals surface area contributed by atoms with Crippen LogP contribution in [-0.2, 0) is 0 Å². The molecule has 0 aromatic heterocycles. The van der Waals surface area contributed by atoms with Crippen molar-refractivity contribution in [1.82, 2.24) is 4.90 Å². The minimum atomic E-state index is 1.28. The first kappa shape index (κ1) is 19.8. The van der Waals surface area contributed by atoms with Crippen LogP contribution in [0, 0.1) is 0 Å². The van der Waals surface area contributed by atoms with Crippen LogP contribution in [0.15, 0.2) is 23.3 Å². The molecule has 0 heterocycles. The zero-order valence-corrected chi connectivity index (χ0v) is 16.0. The molecule has 0 aromatic carbocycles. The average molecular weight is 324 g/mol. The zero-order valence-electron chi connectivity index (χ0n) is 15.2. The number of unbranched alkanes of at least 4 members (excludes halogenated alkanes) is 1. The van der Waals surface area contributed by atoms with Crippen LogP contribution < -0.4 is 0 Å². The van der Waals surface area contributed by atoms with Crippen molar-refractivity contribution in [1.29, 1.82) is 0 Å². The van der Waals surface area contributed by atoms with E-state index in [9.17, 15) is 0 Å². The predicted molar refractivity (Wildman–Crippen MR) is 104 cm³/mol. The Morgan fingerprint density at radius 1 is 0.909 bits per heavy atom. The number of thioether (sulfide) groups is 1. The molecule has 0 aromatic rings. The highest BCUT2D eigenvalue weighted by Crippen LogP contribution is 2.22. The fourth-order valence-electron chi connectivity index (χ4n) is 2.97. The van der Waals surface area contributed by atoms with Crippen LogP contribution in [0.1, 0.15) is 72.1 Å². The van der Waals surface area contributed by atoms with Gasteiger partial charge in [0.2, 0.25) is 0 Å². The molecule has 0 bridgehead atoms. The Kier molecular flexibility index (Phi) is 11.9. The van der Waals surface area contributed by atoms with Gasteiger partial charge in [0, 0.05) is 0 Å². The highest BCUT2D eigenvalue weighted by atomic mass is 32.2. The number of rotatable bonds is 13. The zero-order chi connectivity index (χ0) is 16.0. The van der Waals surface area contributed by atoms with Gasteiger partial charge in [-0.2, -0.15) is 11.8 Å². The second kappa shape index (κ2) is 13.2. The van der Waals surface area contributed by atoms with Crippen molar-refractivity contribution in [2.75, 3.05) is 31.1 Å². The summed E-state index contributed by atoms with van der Waals surface area (Å²) in [4.78, 5) is 2.69. The predicted octanol–water partition coefficient (Wildman–Crippen LogP) is 6.07.